The molecule has 17 heteroatoms. The first-order chi connectivity index (χ1) is 28.0. The maximum atomic E-state index is 13.2. The average molecular weight is 824 g/mol. The molecule has 6 N–H and O–H groups in total. The molecule has 0 bridgehead atoms. The van der Waals surface area contributed by atoms with E-state index in [1.54, 1.807) is 12.1 Å². The summed E-state index contributed by atoms with van der Waals surface area (Å²) in [5, 5.41) is 48.8. The summed E-state index contributed by atoms with van der Waals surface area (Å²) in [5.74, 6) is -0.438. The van der Waals surface area contributed by atoms with E-state index in [1.165, 1.54) is 112 Å². The molecule has 1 aliphatic carbocycles. The zero-order chi connectivity index (χ0) is 41.6. The minimum absolute atomic E-state index is 0.0513. The van der Waals surface area contributed by atoms with Gasteiger partial charge in [-0.3, -0.25) is 13.8 Å². The number of anilines is 1. The normalized spacial score (nSPS) is 23.8. The van der Waals surface area contributed by atoms with E-state index < -0.39 is 55.9 Å². The second-order valence-corrected chi connectivity index (χ2v) is 16.8. The number of aliphatic hydroxyl groups is 2. The second kappa shape index (κ2) is 21.3. The number of fused-ring (bicyclic) bond motifs is 2. The van der Waals surface area contributed by atoms with Gasteiger partial charge in [-0.05, 0) is 36.8 Å². The third kappa shape index (κ3) is 11.2. The van der Waals surface area contributed by atoms with E-state index in [1.807, 2.05) is 12.1 Å². The Balaban J connectivity index is 1.05. The number of aliphatic hydroxyl groups excluding tert-OH is 1. The lowest BCUT2D eigenvalue weighted by Crippen LogP contribution is -2.47. The maximum Gasteiger partial charge on any atom is 0.472 e. The summed E-state index contributed by atoms with van der Waals surface area (Å²) in [6.45, 7) is 2.09. The van der Waals surface area contributed by atoms with Gasteiger partial charge in [0, 0.05) is 12.2 Å². The van der Waals surface area contributed by atoms with Crippen LogP contribution < -0.4 is 11.1 Å². The van der Waals surface area contributed by atoms with Crippen LogP contribution in [0.2, 0.25) is 0 Å². The Bertz CT molecular complexity index is 1930. The molecule has 0 radical (unpaired) electrons. The SMILES string of the molecule is CCCCCCCCCCCCCCCCCCOC[C@H](COP(=O)(O)OC1[C@H]2O[C@@](C#N)(c3ccc4c(N)ncnn34)[C@H](O)[C@@]12O)NC(=O)c1cccc(C#N)c1. The van der Waals surface area contributed by atoms with E-state index in [0.717, 1.165) is 25.6 Å². The van der Waals surface area contributed by atoms with Crippen LogP contribution in [-0.2, 0) is 28.7 Å². The van der Waals surface area contributed by atoms with Crippen LogP contribution in [0.3, 0.4) is 0 Å². The van der Waals surface area contributed by atoms with Crippen molar-refractivity contribution in [2.45, 2.75) is 145 Å². The van der Waals surface area contributed by atoms with Crippen LogP contribution in [0.15, 0.2) is 42.7 Å². The number of carbonyl (C=O) groups is 1. The van der Waals surface area contributed by atoms with Crippen molar-refractivity contribution in [2.24, 2.45) is 0 Å². The van der Waals surface area contributed by atoms with E-state index in [2.05, 4.69) is 22.3 Å². The number of benzene rings is 1. The summed E-state index contributed by atoms with van der Waals surface area (Å²) in [7, 11) is -4.95. The summed E-state index contributed by atoms with van der Waals surface area (Å²) in [5.41, 5.74) is 2.44. The van der Waals surface area contributed by atoms with Crippen LogP contribution >= 0.6 is 7.82 Å². The minimum atomic E-state index is -4.95. The zero-order valence-corrected chi connectivity index (χ0v) is 34.2. The number of phosphoric acid groups is 1. The number of nitriles is 2. The van der Waals surface area contributed by atoms with Crippen molar-refractivity contribution in [2.75, 3.05) is 25.6 Å². The molecule has 16 nitrogen and oxygen atoms in total. The Hall–Kier alpha value is -3.96. The average Bonchev–Trinajstić information content (AvgIpc) is 3.45. The molecular formula is C41H58N7O9P. The molecule has 2 aliphatic rings. The summed E-state index contributed by atoms with van der Waals surface area (Å²) >= 11 is 0. The van der Waals surface area contributed by atoms with Gasteiger partial charge in [0.05, 0.1) is 36.6 Å². The number of carbonyl (C=O) groups excluding carboxylic acids is 1. The number of hydrogen-bond acceptors (Lipinski definition) is 13. The van der Waals surface area contributed by atoms with Gasteiger partial charge in [-0.25, -0.2) is 14.1 Å². The monoisotopic (exact) mass is 823 g/mol. The van der Waals surface area contributed by atoms with E-state index in [-0.39, 0.29) is 29.2 Å². The molecule has 1 amide bonds. The summed E-state index contributed by atoms with van der Waals surface area (Å²) in [6.07, 6.45) is 16.3. The van der Waals surface area contributed by atoms with Gasteiger partial charge in [0.15, 0.2) is 11.4 Å². The third-order valence-electron chi connectivity index (χ3n) is 11.0. The molecule has 3 heterocycles. The number of unbranched alkanes of at least 4 members (excludes halogenated alkanes) is 15. The lowest BCUT2D eigenvalue weighted by molar-refractivity contribution is -0.106. The molecule has 0 spiro atoms. The summed E-state index contributed by atoms with van der Waals surface area (Å²) < 4.78 is 36.7. The van der Waals surface area contributed by atoms with Crippen LogP contribution in [0, 0.1) is 22.7 Å². The first-order valence-electron chi connectivity index (χ1n) is 20.6. The molecule has 2 aromatic heterocycles. The fourth-order valence-corrected chi connectivity index (χ4v) is 8.57. The summed E-state index contributed by atoms with van der Waals surface area (Å²) in [6, 6.07) is 12.0. The van der Waals surface area contributed by atoms with E-state index in [4.69, 9.17) is 24.3 Å². The van der Waals surface area contributed by atoms with Crippen LogP contribution in [0.25, 0.3) is 5.52 Å². The number of hydrogen-bond donors (Lipinski definition) is 5. The first-order valence-corrected chi connectivity index (χ1v) is 22.1. The Morgan fingerprint density at radius 3 is 2.22 bits per heavy atom. The lowest BCUT2D eigenvalue weighted by atomic mass is 9.90. The van der Waals surface area contributed by atoms with Crippen molar-refractivity contribution in [1.29, 1.82) is 10.5 Å². The molecule has 316 valence electrons. The molecule has 7 atom stereocenters. The topological polar surface area (TPSA) is 248 Å². The van der Waals surface area contributed by atoms with Gasteiger partial charge in [-0.1, -0.05) is 109 Å². The molecule has 2 fully saturated rings. The number of aromatic nitrogens is 3. The molecule has 58 heavy (non-hydrogen) atoms. The second-order valence-electron chi connectivity index (χ2n) is 15.4. The Morgan fingerprint density at radius 1 is 1.00 bits per heavy atom. The molecular weight excluding hydrogens is 765 g/mol. The highest BCUT2D eigenvalue weighted by Gasteiger charge is 2.83. The van der Waals surface area contributed by atoms with Gasteiger partial charge in [-0.15, -0.1) is 0 Å². The smallest absolute Gasteiger partial charge is 0.385 e. The van der Waals surface area contributed by atoms with E-state index in [0.29, 0.717) is 12.1 Å². The molecule has 2 unspecified atom stereocenters. The van der Waals surface area contributed by atoms with E-state index >= 15 is 0 Å². The number of nitrogens with one attached hydrogen (secondary N) is 1. The number of amides is 1. The van der Waals surface area contributed by atoms with Crippen molar-refractivity contribution in [1.82, 2.24) is 19.9 Å². The van der Waals surface area contributed by atoms with Crippen molar-refractivity contribution in [3.8, 4) is 12.1 Å². The van der Waals surface area contributed by atoms with Crippen molar-refractivity contribution >= 4 is 25.1 Å². The summed E-state index contributed by atoms with van der Waals surface area (Å²) in [4.78, 5) is 27.7. The third-order valence-corrected chi connectivity index (χ3v) is 11.9. The van der Waals surface area contributed by atoms with Gasteiger partial charge in [-0.2, -0.15) is 15.6 Å². The Morgan fingerprint density at radius 2 is 1.64 bits per heavy atom. The molecule has 1 aromatic carbocycles. The zero-order valence-electron chi connectivity index (χ0n) is 33.3. The minimum Gasteiger partial charge on any atom is -0.385 e. The number of ether oxygens (including phenoxy) is 2. The Kier molecular flexibility index (Phi) is 16.6. The molecule has 1 aliphatic heterocycles. The Labute approximate surface area is 340 Å². The van der Waals surface area contributed by atoms with Gasteiger partial charge >= 0.3 is 7.82 Å². The van der Waals surface area contributed by atoms with Gasteiger partial charge in [0.2, 0.25) is 5.60 Å². The quantitative estimate of drug-likeness (QED) is 0.0438. The molecule has 3 aromatic rings. The molecule has 5 rings (SSSR count). The van der Waals surface area contributed by atoms with Crippen LogP contribution in [-0.4, -0.2) is 85.4 Å². The van der Waals surface area contributed by atoms with E-state index in [9.17, 15) is 35.0 Å². The standard InChI is InChI=1S/C41H58N7O9P/c1-2-3-4-5-6-7-8-9-10-11-12-13-14-15-16-17-23-54-26-32(47-38(49)31-20-18-19-30(24-31)25-42)27-55-58(52,53)57-36-35-41(36,51)39(50)40(28-43,56-35)34-22-21-33-37(44)45-29-46-48(33)34/h18-22,24,29,32,35-36,39,50-51H,2-17,23,26-27H2,1H3,(H,47,49)(H,52,53)(H2,44,45,46)/t32-,35-,36?,39+,40+,41+/m1/s1. The highest BCUT2D eigenvalue weighted by molar-refractivity contribution is 7.47. The van der Waals surface area contributed by atoms with Crippen LogP contribution in [0.1, 0.15) is 131 Å². The number of nitrogen functional groups attached to an aromatic ring is 1. The highest BCUT2D eigenvalue weighted by atomic mass is 31.2. The highest BCUT2D eigenvalue weighted by Crippen LogP contribution is 2.63. The number of nitrogens with two attached hydrogens (primary N) is 1. The maximum absolute atomic E-state index is 13.2. The first kappa shape index (κ1) is 45.1. The van der Waals surface area contributed by atoms with Crippen LogP contribution in [0.5, 0.6) is 0 Å². The predicted molar refractivity (Wildman–Crippen MR) is 214 cm³/mol. The predicted octanol–water partition coefficient (Wildman–Crippen LogP) is 5.99. The lowest BCUT2D eigenvalue weighted by Gasteiger charge is -2.29. The van der Waals surface area contributed by atoms with Gasteiger partial charge in [0.1, 0.15) is 36.2 Å². The largest absolute Gasteiger partial charge is 0.472 e. The van der Waals surface area contributed by atoms with Gasteiger partial charge in [0.25, 0.3) is 5.91 Å². The number of nitrogens with zero attached hydrogens (tertiary/aromatic N) is 5. The molecule has 1 saturated heterocycles. The van der Waals surface area contributed by atoms with Crippen molar-refractivity contribution in [3.63, 3.8) is 0 Å². The fourth-order valence-electron chi connectivity index (χ4n) is 7.57. The van der Waals surface area contributed by atoms with Crippen molar-refractivity contribution < 1.29 is 43.0 Å². The van der Waals surface area contributed by atoms with Crippen molar-refractivity contribution in [3.05, 3.63) is 59.5 Å². The van der Waals surface area contributed by atoms with Crippen LogP contribution in [0.4, 0.5) is 5.82 Å². The number of phosphoric ester groups is 1. The molecule has 1 saturated carbocycles. The number of rotatable bonds is 27. The van der Waals surface area contributed by atoms with Gasteiger partial charge < -0.3 is 35.6 Å². The fraction of sp³-hybridized carbons (Fsp3) is 0.634.